The maximum atomic E-state index is 13.2. The van der Waals surface area contributed by atoms with E-state index in [1.807, 2.05) is 0 Å². The number of hydrogen-bond acceptors (Lipinski definition) is 7. The van der Waals surface area contributed by atoms with Gasteiger partial charge in [0.15, 0.2) is 0 Å². The number of carbonyl (C=O) groups excluding carboxylic acids is 1. The van der Waals surface area contributed by atoms with Gasteiger partial charge in [0.05, 0.1) is 17.4 Å². The Kier molecular flexibility index (Phi) is 7.33. The van der Waals surface area contributed by atoms with Gasteiger partial charge >= 0.3 is 12.4 Å². The number of rotatable bonds is 6. The van der Waals surface area contributed by atoms with Gasteiger partial charge in [-0.15, -0.1) is 0 Å². The lowest BCUT2D eigenvalue weighted by Crippen LogP contribution is -2.54. The minimum absolute atomic E-state index is 0.0111. The van der Waals surface area contributed by atoms with Crippen LogP contribution in [0.4, 0.5) is 38.0 Å². The third-order valence-corrected chi connectivity index (χ3v) is 6.59. The predicted octanol–water partition coefficient (Wildman–Crippen LogP) is 3.16. The number of alkyl halides is 6. The molecule has 0 spiro atoms. The fourth-order valence-corrected chi connectivity index (χ4v) is 4.73. The van der Waals surface area contributed by atoms with Gasteiger partial charge in [0, 0.05) is 50.5 Å². The van der Waals surface area contributed by atoms with Crippen molar-refractivity contribution in [1.29, 1.82) is 0 Å². The first-order valence-corrected chi connectivity index (χ1v) is 11.7. The first-order chi connectivity index (χ1) is 17.3. The maximum absolute atomic E-state index is 13.2. The topological polar surface area (TPSA) is 107 Å². The number of carbonyl (C=O) groups is 1. The Hall–Kier alpha value is -3.39. The summed E-state index contributed by atoms with van der Waals surface area (Å²) in [4.78, 5) is 35.5. The quantitative estimate of drug-likeness (QED) is 0.550. The summed E-state index contributed by atoms with van der Waals surface area (Å²) in [6, 6.07) is -0.390. The second kappa shape index (κ2) is 10.2. The molecule has 37 heavy (non-hydrogen) atoms. The minimum atomic E-state index is -4.83. The normalized spacial score (nSPS) is 18.5. The third kappa shape index (κ3) is 6.13. The van der Waals surface area contributed by atoms with Gasteiger partial charge in [-0.3, -0.25) is 9.59 Å². The third-order valence-electron chi connectivity index (χ3n) is 6.59. The molecule has 4 rings (SSSR count). The van der Waals surface area contributed by atoms with Gasteiger partial charge in [-0.2, -0.15) is 31.4 Å². The first kappa shape index (κ1) is 26.7. The van der Waals surface area contributed by atoms with Crippen LogP contribution in [-0.4, -0.2) is 63.2 Å². The van der Waals surface area contributed by atoms with Crippen LogP contribution in [0.5, 0.6) is 0 Å². The van der Waals surface area contributed by atoms with E-state index in [2.05, 4.69) is 20.4 Å². The zero-order valence-corrected chi connectivity index (χ0v) is 19.7. The van der Waals surface area contributed by atoms with E-state index >= 15 is 0 Å². The standard InChI is InChI=1S/C22H25F6N7O2/c1-12(32-16-9-31-33-18(36)17(16)22(26,27)28)6-13-10-35(11-13)19(37)14-2-4-34(5-3-14)20-29-7-15(8-30-20)21(23,24)25/h7-9,12-14H,2-6,10-11H2,1H3,(H2,32,33,36). The summed E-state index contributed by atoms with van der Waals surface area (Å²) < 4.78 is 77.7. The van der Waals surface area contributed by atoms with Crippen LogP contribution in [0.2, 0.25) is 0 Å². The highest BCUT2D eigenvalue weighted by atomic mass is 19.4. The van der Waals surface area contributed by atoms with Gasteiger partial charge in [0.1, 0.15) is 5.56 Å². The molecule has 2 N–H and O–H groups in total. The van der Waals surface area contributed by atoms with E-state index in [0.717, 1.165) is 18.6 Å². The Bertz CT molecular complexity index is 1150. The summed E-state index contributed by atoms with van der Waals surface area (Å²) >= 11 is 0. The Labute approximate surface area is 207 Å². The van der Waals surface area contributed by atoms with Gasteiger partial charge < -0.3 is 15.1 Å². The van der Waals surface area contributed by atoms with Crippen molar-refractivity contribution >= 4 is 17.5 Å². The Balaban J connectivity index is 1.23. The van der Waals surface area contributed by atoms with Crippen molar-refractivity contribution in [2.45, 2.75) is 44.6 Å². The lowest BCUT2D eigenvalue weighted by molar-refractivity contribution is -0.143. The Morgan fingerprint density at radius 3 is 2.27 bits per heavy atom. The van der Waals surface area contributed by atoms with Gasteiger partial charge in [-0.25, -0.2) is 15.1 Å². The summed E-state index contributed by atoms with van der Waals surface area (Å²) in [5, 5.41) is 7.94. The molecule has 15 heteroatoms. The molecular weight excluding hydrogens is 508 g/mol. The average molecular weight is 533 g/mol. The van der Waals surface area contributed by atoms with Crippen LogP contribution in [0.3, 0.4) is 0 Å². The largest absolute Gasteiger partial charge is 0.423 e. The molecule has 0 aromatic carbocycles. The van der Waals surface area contributed by atoms with E-state index in [0.29, 0.717) is 45.4 Å². The van der Waals surface area contributed by atoms with Crippen LogP contribution < -0.4 is 15.8 Å². The molecule has 0 saturated carbocycles. The molecule has 2 aromatic rings. The highest BCUT2D eigenvalue weighted by Gasteiger charge is 2.39. The molecule has 2 aromatic heterocycles. The lowest BCUT2D eigenvalue weighted by Gasteiger charge is -2.43. The zero-order valence-electron chi connectivity index (χ0n) is 19.7. The molecule has 2 saturated heterocycles. The predicted molar refractivity (Wildman–Crippen MR) is 120 cm³/mol. The van der Waals surface area contributed by atoms with Gasteiger partial charge in [-0.1, -0.05) is 0 Å². The molecule has 2 fully saturated rings. The van der Waals surface area contributed by atoms with Crippen LogP contribution in [-0.2, 0) is 17.1 Å². The van der Waals surface area contributed by atoms with Gasteiger partial charge in [0.2, 0.25) is 11.9 Å². The fourth-order valence-electron chi connectivity index (χ4n) is 4.73. The van der Waals surface area contributed by atoms with E-state index < -0.39 is 29.0 Å². The second-order valence-corrected chi connectivity index (χ2v) is 9.41. The molecule has 1 unspecified atom stereocenters. The number of amides is 1. The number of nitrogens with one attached hydrogen (secondary N) is 2. The van der Waals surface area contributed by atoms with E-state index in [4.69, 9.17) is 0 Å². The Morgan fingerprint density at radius 2 is 1.70 bits per heavy atom. The molecule has 1 amide bonds. The second-order valence-electron chi connectivity index (χ2n) is 9.41. The van der Waals surface area contributed by atoms with E-state index in [1.165, 1.54) is 0 Å². The molecule has 2 aliphatic rings. The number of H-pyrrole nitrogens is 1. The van der Waals surface area contributed by atoms with Crippen LogP contribution in [0.1, 0.15) is 37.3 Å². The summed E-state index contributed by atoms with van der Waals surface area (Å²) in [6.07, 6.45) is -5.40. The molecule has 4 heterocycles. The molecule has 9 nitrogen and oxygen atoms in total. The van der Waals surface area contributed by atoms with Gasteiger partial charge in [0.25, 0.3) is 5.56 Å². The molecule has 0 aliphatic carbocycles. The van der Waals surface area contributed by atoms with E-state index in [1.54, 1.807) is 21.8 Å². The number of halogens is 6. The monoisotopic (exact) mass is 533 g/mol. The molecular formula is C22H25F6N7O2. The average Bonchev–Trinajstić information content (AvgIpc) is 2.79. The van der Waals surface area contributed by atoms with Gasteiger partial charge in [-0.05, 0) is 32.1 Å². The number of likely N-dealkylation sites (tertiary alicyclic amines) is 1. The number of hydrogen-bond donors (Lipinski definition) is 2. The van der Waals surface area contributed by atoms with Crippen molar-refractivity contribution in [3.8, 4) is 0 Å². The number of nitrogens with zero attached hydrogens (tertiary/aromatic N) is 5. The molecule has 2 aliphatic heterocycles. The van der Waals surface area contributed by atoms with Crippen molar-refractivity contribution in [2.75, 3.05) is 36.4 Å². The summed E-state index contributed by atoms with van der Waals surface area (Å²) in [5.74, 6) is 0.0479. The van der Waals surface area contributed by atoms with Crippen molar-refractivity contribution in [3.05, 3.63) is 40.1 Å². The maximum Gasteiger partial charge on any atom is 0.423 e. The van der Waals surface area contributed by atoms with Crippen LogP contribution in [0, 0.1) is 11.8 Å². The lowest BCUT2D eigenvalue weighted by atomic mass is 9.88. The number of piperidine rings is 1. The summed E-state index contributed by atoms with van der Waals surface area (Å²) in [5.41, 5.74) is -3.96. The summed E-state index contributed by atoms with van der Waals surface area (Å²) in [7, 11) is 0. The van der Waals surface area contributed by atoms with Crippen molar-refractivity contribution in [1.82, 2.24) is 25.1 Å². The van der Waals surface area contributed by atoms with Crippen LogP contribution in [0.15, 0.2) is 23.4 Å². The molecule has 0 bridgehead atoms. The highest BCUT2D eigenvalue weighted by molar-refractivity contribution is 5.80. The summed E-state index contributed by atoms with van der Waals surface area (Å²) in [6.45, 7) is 3.53. The van der Waals surface area contributed by atoms with Crippen molar-refractivity contribution in [3.63, 3.8) is 0 Å². The number of aromatic amines is 1. The smallest absolute Gasteiger partial charge is 0.381 e. The van der Waals surface area contributed by atoms with Crippen molar-refractivity contribution < 1.29 is 31.1 Å². The number of aromatic nitrogens is 4. The van der Waals surface area contributed by atoms with Crippen LogP contribution in [0.25, 0.3) is 0 Å². The Morgan fingerprint density at radius 1 is 1.08 bits per heavy atom. The van der Waals surface area contributed by atoms with E-state index in [9.17, 15) is 35.9 Å². The van der Waals surface area contributed by atoms with Crippen LogP contribution >= 0.6 is 0 Å². The van der Waals surface area contributed by atoms with E-state index in [-0.39, 0.29) is 35.4 Å². The SMILES string of the molecule is CC(CC1CN(C(=O)C2CCN(c3ncc(C(F)(F)F)cn3)CC2)C1)Nc1cn[nH]c(=O)c1C(F)(F)F. The molecule has 0 radical (unpaired) electrons. The number of anilines is 2. The zero-order chi connectivity index (χ0) is 27.0. The molecule has 1 atom stereocenters. The van der Waals surface area contributed by atoms with Crippen molar-refractivity contribution in [2.24, 2.45) is 11.8 Å². The first-order valence-electron chi connectivity index (χ1n) is 11.7. The highest BCUT2D eigenvalue weighted by Crippen LogP contribution is 2.33. The minimum Gasteiger partial charge on any atom is -0.381 e. The fraction of sp³-hybridized carbons (Fsp3) is 0.591. The molecule has 202 valence electrons.